The summed E-state index contributed by atoms with van der Waals surface area (Å²) in [7, 11) is 0. The fourth-order valence-electron chi connectivity index (χ4n) is 3.60. The van der Waals surface area contributed by atoms with Crippen molar-refractivity contribution in [2.75, 3.05) is 18.0 Å². The van der Waals surface area contributed by atoms with Crippen molar-refractivity contribution < 1.29 is 19.5 Å². The zero-order valence-electron chi connectivity index (χ0n) is 18.0. The molecule has 0 radical (unpaired) electrons. The molecule has 4 N–H and O–H groups in total. The zero-order chi connectivity index (χ0) is 23.4. The summed E-state index contributed by atoms with van der Waals surface area (Å²) in [6.45, 7) is 3.55. The maximum atomic E-state index is 13.2. The molecule has 0 bridgehead atoms. The summed E-state index contributed by atoms with van der Waals surface area (Å²) < 4.78 is 0. The van der Waals surface area contributed by atoms with Crippen molar-refractivity contribution in [3.05, 3.63) is 64.7 Å². The van der Waals surface area contributed by atoms with Gasteiger partial charge in [-0.2, -0.15) is 0 Å². The van der Waals surface area contributed by atoms with Crippen LogP contribution in [0.3, 0.4) is 0 Å². The van der Waals surface area contributed by atoms with E-state index >= 15 is 0 Å². The molecule has 0 saturated carbocycles. The molecule has 1 aliphatic rings. The third-order valence-electron chi connectivity index (χ3n) is 5.19. The van der Waals surface area contributed by atoms with Gasteiger partial charge in [-0.05, 0) is 37.1 Å². The highest BCUT2D eigenvalue weighted by molar-refractivity contribution is 6.10. The van der Waals surface area contributed by atoms with Gasteiger partial charge >= 0.3 is 5.97 Å². The highest BCUT2D eigenvalue weighted by Gasteiger charge is 2.33. The minimum atomic E-state index is -1.03. The number of nitrogen functional groups attached to an aromatic ring is 1. The van der Waals surface area contributed by atoms with Crippen molar-refractivity contribution in [2.24, 2.45) is 5.73 Å². The Labute approximate surface area is 186 Å². The number of amides is 2. The van der Waals surface area contributed by atoms with E-state index in [-0.39, 0.29) is 43.2 Å². The second-order valence-electron chi connectivity index (χ2n) is 7.87. The maximum absolute atomic E-state index is 13.2. The number of hydrogen-bond acceptors (Lipinski definition) is 4. The Morgan fingerprint density at radius 2 is 1.75 bits per heavy atom. The van der Waals surface area contributed by atoms with Crippen LogP contribution in [0.1, 0.15) is 47.3 Å². The second kappa shape index (κ2) is 9.47. The summed E-state index contributed by atoms with van der Waals surface area (Å²) in [6, 6.07) is 12.4. The fraction of sp³-hybridized carbons (Fsp3) is 0.250. The predicted octanol–water partition coefficient (Wildman–Crippen LogP) is 2.81. The van der Waals surface area contributed by atoms with E-state index < -0.39 is 5.97 Å². The van der Waals surface area contributed by atoms with Crippen molar-refractivity contribution >= 4 is 41.5 Å². The predicted molar refractivity (Wildman–Crippen MR) is 124 cm³/mol. The first kappa shape index (κ1) is 22.7. The second-order valence-corrected chi connectivity index (χ2v) is 7.87. The van der Waals surface area contributed by atoms with Gasteiger partial charge in [-0.1, -0.05) is 42.5 Å². The molecule has 0 unspecified atom stereocenters. The van der Waals surface area contributed by atoms with Gasteiger partial charge in [0.1, 0.15) is 12.4 Å². The molecule has 2 amide bonds. The number of carbonyl (C=O) groups is 3. The van der Waals surface area contributed by atoms with E-state index in [4.69, 9.17) is 16.2 Å². The molecule has 8 heteroatoms. The van der Waals surface area contributed by atoms with Crippen molar-refractivity contribution in [3.63, 3.8) is 0 Å². The lowest BCUT2D eigenvalue weighted by Gasteiger charge is -2.26. The molecule has 0 atom stereocenters. The average molecular weight is 434 g/mol. The van der Waals surface area contributed by atoms with Gasteiger partial charge < -0.3 is 20.6 Å². The lowest BCUT2D eigenvalue weighted by atomic mass is 10.0. The van der Waals surface area contributed by atoms with Crippen molar-refractivity contribution in [2.45, 2.75) is 26.3 Å². The summed E-state index contributed by atoms with van der Waals surface area (Å²) in [5, 5.41) is 16.5. The summed E-state index contributed by atoms with van der Waals surface area (Å²) in [5.74, 6) is -1.63. The minimum absolute atomic E-state index is 0.00139. The van der Waals surface area contributed by atoms with Gasteiger partial charge in [0.15, 0.2) is 0 Å². The van der Waals surface area contributed by atoms with Crippen LogP contribution in [0.25, 0.3) is 12.2 Å². The molecule has 0 aromatic heterocycles. The first-order chi connectivity index (χ1) is 15.2. The molecule has 2 aromatic rings. The Morgan fingerprint density at radius 3 is 2.34 bits per heavy atom. The quantitative estimate of drug-likeness (QED) is 0.351. The van der Waals surface area contributed by atoms with Gasteiger partial charge in [-0.15, -0.1) is 0 Å². The van der Waals surface area contributed by atoms with Gasteiger partial charge in [0.2, 0.25) is 5.91 Å². The van der Waals surface area contributed by atoms with E-state index in [9.17, 15) is 14.4 Å². The van der Waals surface area contributed by atoms with Crippen LogP contribution in [-0.4, -0.2) is 52.8 Å². The summed E-state index contributed by atoms with van der Waals surface area (Å²) in [4.78, 5) is 39.9. The molecular weight excluding hydrogens is 408 g/mol. The first-order valence-electron chi connectivity index (χ1n) is 10.3. The Morgan fingerprint density at radius 1 is 1.12 bits per heavy atom. The van der Waals surface area contributed by atoms with E-state index in [1.165, 1.54) is 4.90 Å². The number of nitrogens with zero attached hydrogens (tertiary/aromatic N) is 2. The Bertz CT molecular complexity index is 1090. The number of carbonyl (C=O) groups excluding carboxylic acids is 2. The minimum Gasteiger partial charge on any atom is -0.481 e. The maximum Gasteiger partial charge on any atom is 0.305 e. The van der Waals surface area contributed by atoms with Gasteiger partial charge in [0.05, 0.1) is 17.7 Å². The number of hydrogen-bond donors (Lipinski definition) is 3. The number of aliphatic carboxylic acids is 1. The lowest BCUT2D eigenvalue weighted by molar-refractivity contribution is -0.137. The average Bonchev–Trinajstić information content (AvgIpc) is 2.85. The topological polar surface area (TPSA) is 128 Å². The number of fused-ring (bicyclic) bond motifs is 1. The van der Waals surface area contributed by atoms with Crippen LogP contribution in [0, 0.1) is 5.41 Å². The van der Waals surface area contributed by atoms with Crippen LogP contribution < -0.4 is 10.6 Å². The van der Waals surface area contributed by atoms with E-state index in [0.29, 0.717) is 16.8 Å². The van der Waals surface area contributed by atoms with Gasteiger partial charge in [-0.3, -0.25) is 19.8 Å². The number of anilines is 1. The number of carboxylic acid groups (broad SMARTS) is 1. The molecule has 0 spiro atoms. The molecule has 32 heavy (non-hydrogen) atoms. The van der Waals surface area contributed by atoms with Crippen molar-refractivity contribution in [1.29, 1.82) is 5.41 Å². The van der Waals surface area contributed by atoms with E-state index in [2.05, 4.69) is 0 Å². The number of nitrogens with two attached hydrogens (primary N) is 1. The van der Waals surface area contributed by atoms with Crippen LogP contribution in [0.2, 0.25) is 0 Å². The Balaban J connectivity index is 1.95. The van der Waals surface area contributed by atoms with Crippen LogP contribution >= 0.6 is 0 Å². The van der Waals surface area contributed by atoms with E-state index in [1.54, 1.807) is 29.2 Å². The molecule has 2 aromatic carbocycles. The van der Waals surface area contributed by atoms with Crippen LogP contribution in [-0.2, 0) is 9.59 Å². The molecule has 0 saturated heterocycles. The molecule has 1 aliphatic heterocycles. The van der Waals surface area contributed by atoms with Crippen LogP contribution in [0.5, 0.6) is 0 Å². The molecule has 0 fully saturated rings. The molecule has 3 rings (SSSR count). The molecule has 8 nitrogen and oxygen atoms in total. The standard InChI is InChI=1S/C24H26N4O4/c1-15(2)28-20-10-7-17(4-3-16-5-8-18(9-6-16)23(25)26)13-19(20)24(32)27(14-21(28)29)12-11-22(30)31/h3-10,13,15H,11-12,14H2,1-2H3,(H3,25,26)(H,30,31). The van der Waals surface area contributed by atoms with Crippen LogP contribution in [0.15, 0.2) is 42.5 Å². The Hall–Kier alpha value is -3.94. The number of nitrogens with one attached hydrogen (secondary N) is 1. The largest absolute Gasteiger partial charge is 0.481 e. The third-order valence-corrected chi connectivity index (χ3v) is 5.19. The fourth-order valence-corrected chi connectivity index (χ4v) is 3.60. The van der Waals surface area contributed by atoms with Gasteiger partial charge in [-0.25, -0.2) is 0 Å². The Kier molecular flexibility index (Phi) is 6.73. The summed E-state index contributed by atoms with van der Waals surface area (Å²) in [6.07, 6.45) is 3.50. The molecule has 166 valence electrons. The SMILES string of the molecule is CC(C)N1C(=O)CN(CCC(=O)O)C(=O)c2cc(C=Cc3ccc(C(=N)N)cc3)ccc21. The highest BCUT2D eigenvalue weighted by atomic mass is 16.4. The molecule has 0 aliphatic carbocycles. The smallest absolute Gasteiger partial charge is 0.305 e. The number of amidine groups is 1. The normalized spacial score (nSPS) is 14.1. The van der Waals surface area contributed by atoms with E-state index in [1.807, 2.05) is 44.2 Å². The molecule has 1 heterocycles. The summed E-state index contributed by atoms with van der Waals surface area (Å²) in [5.41, 5.74) is 8.67. The summed E-state index contributed by atoms with van der Waals surface area (Å²) >= 11 is 0. The first-order valence-corrected chi connectivity index (χ1v) is 10.3. The van der Waals surface area contributed by atoms with Crippen LogP contribution in [0.4, 0.5) is 5.69 Å². The molecular formula is C24H26N4O4. The number of benzene rings is 2. The number of rotatable bonds is 7. The van der Waals surface area contributed by atoms with Crippen molar-refractivity contribution in [3.8, 4) is 0 Å². The lowest BCUT2D eigenvalue weighted by Crippen LogP contribution is -2.42. The monoisotopic (exact) mass is 434 g/mol. The van der Waals surface area contributed by atoms with Gasteiger partial charge in [0.25, 0.3) is 5.91 Å². The third kappa shape index (κ3) is 5.03. The zero-order valence-corrected chi connectivity index (χ0v) is 18.0. The number of carboxylic acids is 1. The van der Waals surface area contributed by atoms with Crippen molar-refractivity contribution in [1.82, 2.24) is 4.90 Å². The van der Waals surface area contributed by atoms with E-state index in [0.717, 1.165) is 11.1 Å². The van der Waals surface area contributed by atoms with Gasteiger partial charge in [0, 0.05) is 18.2 Å². The highest BCUT2D eigenvalue weighted by Crippen LogP contribution is 2.29.